The lowest BCUT2D eigenvalue weighted by Gasteiger charge is -2.31. The van der Waals surface area contributed by atoms with Crippen molar-refractivity contribution in [3.63, 3.8) is 0 Å². The molecule has 2 aromatic carbocycles. The van der Waals surface area contributed by atoms with E-state index in [9.17, 15) is 14.0 Å². The number of primary amides is 1. The first-order valence-electron chi connectivity index (χ1n) is 9.22. The van der Waals surface area contributed by atoms with Crippen molar-refractivity contribution in [2.45, 2.75) is 18.1 Å². The third-order valence-corrected chi connectivity index (χ3v) is 5.79. The molecule has 1 heterocycles. The number of aliphatic imine (C=N–C) groups is 1. The van der Waals surface area contributed by atoms with Crippen LogP contribution in [-0.4, -0.2) is 47.9 Å². The van der Waals surface area contributed by atoms with E-state index < -0.39 is 11.2 Å². The molecular weight excluding hydrogens is 409 g/mol. The highest BCUT2D eigenvalue weighted by Gasteiger charge is 2.34. The zero-order chi connectivity index (χ0) is 21.7. The molecule has 158 valence electrons. The molecule has 0 aliphatic carbocycles. The van der Waals surface area contributed by atoms with Crippen LogP contribution in [0.1, 0.15) is 12.0 Å². The third-order valence-electron chi connectivity index (χ3n) is 4.58. The summed E-state index contributed by atoms with van der Waals surface area (Å²) < 4.78 is 23.8. The van der Waals surface area contributed by atoms with Crippen LogP contribution in [0, 0.1) is 5.82 Å². The predicted octanol–water partition coefficient (Wildman–Crippen LogP) is 2.89. The Morgan fingerprint density at radius 3 is 2.53 bits per heavy atom. The van der Waals surface area contributed by atoms with Crippen molar-refractivity contribution in [2.24, 2.45) is 10.7 Å². The maximum Gasteiger partial charge on any atom is 0.231 e. The van der Waals surface area contributed by atoms with Gasteiger partial charge in [-0.15, -0.1) is 0 Å². The van der Waals surface area contributed by atoms with Gasteiger partial charge in [-0.1, -0.05) is 17.8 Å². The Hall–Kier alpha value is -3.07. The fourth-order valence-electron chi connectivity index (χ4n) is 2.98. The summed E-state index contributed by atoms with van der Waals surface area (Å²) in [5.74, 6) is 0.0299. The molecule has 1 aliphatic heterocycles. The number of hydrogen-bond donors (Lipinski definition) is 1. The summed E-state index contributed by atoms with van der Waals surface area (Å²) in [6, 6.07) is 11.1. The van der Waals surface area contributed by atoms with Crippen LogP contribution in [0.25, 0.3) is 0 Å². The maximum absolute atomic E-state index is 13.2. The summed E-state index contributed by atoms with van der Waals surface area (Å²) in [5.41, 5.74) is 6.84. The van der Waals surface area contributed by atoms with E-state index in [0.717, 1.165) is 17.3 Å². The van der Waals surface area contributed by atoms with E-state index in [2.05, 4.69) is 4.99 Å². The number of halogens is 1. The van der Waals surface area contributed by atoms with Gasteiger partial charge in [0.25, 0.3) is 0 Å². The molecule has 9 heteroatoms. The number of nitrogens with zero attached hydrogens (tertiary/aromatic N) is 2. The van der Waals surface area contributed by atoms with Crippen molar-refractivity contribution in [2.75, 3.05) is 20.8 Å². The number of amidine groups is 1. The van der Waals surface area contributed by atoms with Crippen LogP contribution in [0.2, 0.25) is 0 Å². The number of thioether (sulfide) groups is 1. The Balaban J connectivity index is 1.83. The molecule has 0 aromatic heterocycles. The van der Waals surface area contributed by atoms with E-state index in [4.69, 9.17) is 15.2 Å². The molecule has 7 nitrogen and oxygen atoms in total. The molecule has 1 atom stereocenters. The molecule has 0 spiro atoms. The Morgan fingerprint density at radius 1 is 1.20 bits per heavy atom. The Bertz CT molecular complexity index is 965. The molecule has 1 fully saturated rings. The van der Waals surface area contributed by atoms with Crippen LogP contribution in [0.3, 0.4) is 0 Å². The summed E-state index contributed by atoms with van der Waals surface area (Å²) in [6.45, 7) is 0.354. The first kappa shape index (κ1) is 21.6. The van der Waals surface area contributed by atoms with E-state index in [1.165, 1.54) is 29.2 Å². The second kappa shape index (κ2) is 9.62. The van der Waals surface area contributed by atoms with Crippen LogP contribution in [0.5, 0.6) is 11.5 Å². The second-order valence-electron chi connectivity index (χ2n) is 6.57. The number of benzene rings is 2. The molecule has 1 saturated heterocycles. The average Bonchev–Trinajstić information content (AvgIpc) is 2.74. The largest absolute Gasteiger partial charge is 0.493 e. The molecule has 2 N–H and O–H groups in total. The summed E-state index contributed by atoms with van der Waals surface area (Å²) in [5, 5.41) is -0.323. The summed E-state index contributed by atoms with van der Waals surface area (Å²) in [7, 11) is 3.12. The van der Waals surface area contributed by atoms with Gasteiger partial charge in [0.2, 0.25) is 11.8 Å². The van der Waals surface area contributed by atoms with Crippen molar-refractivity contribution in [3.05, 3.63) is 53.8 Å². The molecule has 0 bridgehead atoms. The average molecular weight is 431 g/mol. The van der Waals surface area contributed by atoms with Gasteiger partial charge in [-0.05, 0) is 48.4 Å². The monoisotopic (exact) mass is 431 g/mol. The third kappa shape index (κ3) is 5.10. The van der Waals surface area contributed by atoms with Crippen LogP contribution < -0.4 is 15.2 Å². The Kier molecular flexibility index (Phi) is 6.94. The minimum atomic E-state index is -0.686. The minimum absolute atomic E-state index is 0.00831. The highest BCUT2D eigenvalue weighted by Crippen LogP contribution is 2.30. The number of ether oxygens (including phenoxy) is 2. The van der Waals surface area contributed by atoms with E-state index in [1.807, 2.05) is 12.1 Å². The second-order valence-corrected chi connectivity index (χ2v) is 7.74. The fraction of sp³-hybridized carbons (Fsp3) is 0.286. The van der Waals surface area contributed by atoms with Gasteiger partial charge in [0.05, 0.1) is 25.2 Å². The van der Waals surface area contributed by atoms with Gasteiger partial charge in [-0.2, -0.15) is 0 Å². The first-order chi connectivity index (χ1) is 14.4. The van der Waals surface area contributed by atoms with Crippen molar-refractivity contribution < 1.29 is 23.5 Å². The molecule has 3 rings (SSSR count). The normalized spacial score (nSPS) is 17.8. The van der Waals surface area contributed by atoms with Gasteiger partial charge in [0.1, 0.15) is 5.82 Å². The Labute approximate surface area is 178 Å². The SMILES string of the molecule is COc1ccc(CCN2C(=O)C[C@H](C(N)=O)SC2=Nc2ccc(F)cc2)cc1OC. The molecule has 0 radical (unpaired) electrons. The highest BCUT2D eigenvalue weighted by molar-refractivity contribution is 8.15. The fourth-order valence-corrected chi connectivity index (χ4v) is 4.05. The number of carbonyl (C=O) groups excluding carboxylic acids is 2. The minimum Gasteiger partial charge on any atom is -0.493 e. The van der Waals surface area contributed by atoms with Gasteiger partial charge in [0.15, 0.2) is 16.7 Å². The molecule has 1 aliphatic rings. The highest BCUT2D eigenvalue weighted by atomic mass is 32.2. The number of methoxy groups -OCH3 is 2. The van der Waals surface area contributed by atoms with Crippen LogP contribution in [-0.2, 0) is 16.0 Å². The van der Waals surface area contributed by atoms with E-state index >= 15 is 0 Å². The molecule has 2 aromatic rings. The molecule has 30 heavy (non-hydrogen) atoms. The lowest BCUT2D eigenvalue weighted by Crippen LogP contribution is -2.46. The number of carbonyl (C=O) groups is 2. The number of nitrogens with two attached hydrogens (primary N) is 1. The Morgan fingerprint density at radius 2 is 1.90 bits per heavy atom. The zero-order valence-electron chi connectivity index (χ0n) is 16.6. The van der Waals surface area contributed by atoms with E-state index in [1.54, 1.807) is 20.3 Å². The smallest absolute Gasteiger partial charge is 0.231 e. The van der Waals surface area contributed by atoms with Crippen LogP contribution in [0.4, 0.5) is 10.1 Å². The molecule has 0 saturated carbocycles. The quantitative estimate of drug-likeness (QED) is 0.728. The first-order valence-corrected chi connectivity index (χ1v) is 10.1. The molecular formula is C21H22FN3O4S. The van der Waals surface area contributed by atoms with Crippen LogP contribution in [0.15, 0.2) is 47.5 Å². The summed E-state index contributed by atoms with van der Waals surface area (Å²) >= 11 is 1.14. The zero-order valence-corrected chi connectivity index (χ0v) is 17.4. The topological polar surface area (TPSA) is 94.2 Å². The lowest BCUT2D eigenvalue weighted by atomic mass is 10.1. The van der Waals surface area contributed by atoms with Crippen molar-refractivity contribution in [1.29, 1.82) is 0 Å². The van der Waals surface area contributed by atoms with Crippen molar-refractivity contribution in [1.82, 2.24) is 4.90 Å². The predicted molar refractivity (Wildman–Crippen MR) is 114 cm³/mol. The van der Waals surface area contributed by atoms with Crippen molar-refractivity contribution >= 4 is 34.4 Å². The van der Waals surface area contributed by atoms with Gasteiger partial charge in [-0.3, -0.25) is 14.5 Å². The molecule has 2 amide bonds. The van der Waals surface area contributed by atoms with Gasteiger partial charge in [0, 0.05) is 13.0 Å². The van der Waals surface area contributed by atoms with Crippen molar-refractivity contribution in [3.8, 4) is 11.5 Å². The molecule has 0 unspecified atom stereocenters. The number of hydrogen-bond acceptors (Lipinski definition) is 6. The van der Waals surface area contributed by atoms with Gasteiger partial charge >= 0.3 is 0 Å². The summed E-state index contributed by atoms with van der Waals surface area (Å²) in [6.07, 6.45) is 0.546. The lowest BCUT2D eigenvalue weighted by molar-refractivity contribution is -0.129. The van der Waals surface area contributed by atoms with Gasteiger partial charge < -0.3 is 15.2 Å². The summed E-state index contributed by atoms with van der Waals surface area (Å²) in [4.78, 5) is 30.4. The standard InChI is InChI=1S/C21H22FN3O4S/c1-28-16-8-3-13(11-17(16)29-2)9-10-25-19(26)12-18(20(23)27)30-21(25)24-15-6-4-14(22)5-7-15/h3-8,11,18H,9-10,12H2,1-2H3,(H2,23,27)/t18-/m1/s1. The van der Waals surface area contributed by atoms with E-state index in [-0.39, 0.29) is 18.1 Å². The maximum atomic E-state index is 13.2. The number of rotatable bonds is 7. The van der Waals surface area contributed by atoms with Gasteiger partial charge in [-0.25, -0.2) is 9.38 Å². The van der Waals surface area contributed by atoms with E-state index in [0.29, 0.717) is 35.3 Å². The number of amides is 2. The van der Waals surface area contributed by atoms with Crippen LogP contribution >= 0.6 is 11.8 Å².